The number of hydrogen-bond acceptors (Lipinski definition) is 2. The van der Waals surface area contributed by atoms with Crippen molar-refractivity contribution >= 4 is 23.2 Å². The van der Waals surface area contributed by atoms with E-state index >= 15 is 0 Å². The SMILES string of the molecule is CC1(C)CC(C)(N)CC(C)(OCC(Cl)CCl)C1. The van der Waals surface area contributed by atoms with Crippen molar-refractivity contribution in [2.24, 2.45) is 11.1 Å². The van der Waals surface area contributed by atoms with Gasteiger partial charge in [0.1, 0.15) is 0 Å². The van der Waals surface area contributed by atoms with Gasteiger partial charge in [0, 0.05) is 11.4 Å². The largest absolute Gasteiger partial charge is 0.374 e. The second-order valence-corrected chi connectivity index (χ2v) is 7.79. The third kappa shape index (κ3) is 4.94. The van der Waals surface area contributed by atoms with Crippen molar-refractivity contribution in [1.29, 1.82) is 0 Å². The van der Waals surface area contributed by atoms with Crippen LogP contribution in [0.4, 0.5) is 0 Å². The standard InChI is InChI=1S/C13H25Cl2NO/c1-11(2)7-12(3,16)9-13(4,8-11)17-6-10(15)5-14/h10H,5-9,16H2,1-4H3. The fourth-order valence-corrected chi connectivity index (χ4v) is 3.74. The van der Waals surface area contributed by atoms with Crippen LogP contribution in [0.25, 0.3) is 0 Å². The molecule has 0 saturated heterocycles. The van der Waals surface area contributed by atoms with Crippen LogP contribution in [-0.2, 0) is 4.74 Å². The highest BCUT2D eigenvalue weighted by atomic mass is 35.5. The van der Waals surface area contributed by atoms with E-state index in [1.165, 1.54) is 0 Å². The highest BCUT2D eigenvalue weighted by molar-refractivity contribution is 6.28. The Morgan fingerprint density at radius 3 is 2.24 bits per heavy atom. The molecule has 102 valence electrons. The Bertz CT molecular complexity index is 250. The summed E-state index contributed by atoms with van der Waals surface area (Å²) in [4.78, 5) is 0. The van der Waals surface area contributed by atoms with Crippen molar-refractivity contribution in [2.45, 2.75) is 63.5 Å². The maximum atomic E-state index is 6.33. The van der Waals surface area contributed by atoms with E-state index in [1.54, 1.807) is 0 Å². The average molecular weight is 282 g/mol. The topological polar surface area (TPSA) is 35.2 Å². The summed E-state index contributed by atoms with van der Waals surface area (Å²) in [5, 5.41) is -0.123. The summed E-state index contributed by atoms with van der Waals surface area (Å²) in [5.41, 5.74) is 6.18. The normalized spacial score (nSPS) is 39.0. The van der Waals surface area contributed by atoms with E-state index in [4.69, 9.17) is 33.7 Å². The van der Waals surface area contributed by atoms with E-state index in [-0.39, 0.29) is 21.9 Å². The number of alkyl halides is 2. The van der Waals surface area contributed by atoms with Crippen LogP contribution in [0.15, 0.2) is 0 Å². The van der Waals surface area contributed by atoms with Gasteiger partial charge in [-0.3, -0.25) is 0 Å². The second-order valence-electron chi connectivity index (χ2n) is 6.86. The van der Waals surface area contributed by atoms with E-state index in [2.05, 4.69) is 27.7 Å². The van der Waals surface area contributed by atoms with Crippen molar-refractivity contribution in [1.82, 2.24) is 0 Å². The van der Waals surface area contributed by atoms with Gasteiger partial charge in [0.15, 0.2) is 0 Å². The molecule has 0 radical (unpaired) electrons. The first-order valence-corrected chi connectivity index (χ1v) is 7.18. The zero-order valence-electron chi connectivity index (χ0n) is 11.4. The molecule has 0 amide bonds. The minimum Gasteiger partial charge on any atom is -0.374 e. The lowest BCUT2D eigenvalue weighted by atomic mass is 9.63. The van der Waals surface area contributed by atoms with Gasteiger partial charge >= 0.3 is 0 Å². The minimum atomic E-state index is -0.190. The third-order valence-electron chi connectivity index (χ3n) is 3.29. The predicted molar refractivity (Wildman–Crippen MR) is 74.9 cm³/mol. The van der Waals surface area contributed by atoms with Gasteiger partial charge in [-0.25, -0.2) is 0 Å². The fraction of sp³-hybridized carbons (Fsp3) is 1.00. The molecule has 4 heteroatoms. The van der Waals surface area contributed by atoms with Crippen molar-refractivity contribution in [2.75, 3.05) is 12.5 Å². The fourth-order valence-electron chi connectivity index (χ4n) is 3.59. The number of halogens is 2. The number of hydrogen-bond donors (Lipinski definition) is 1. The monoisotopic (exact) mass is 281 g/mol. The molecule has 1 fully saturated rings. The quantitative estimate of drug-likeness (QED) is 0.800. The Hall–Kier alpha value is 0.500. The molecule has 0 aromatic heterocycles. The van der Waals surface area contributed by atoms with Gasteiger partial charge < -0.3 is 10.5 Å². The molecular formula is C13H25Cl2NO. The van der Waals surface area contributed by atoms with E-state index in [9.17, 15) is 0 Å². The zero-order valence-corrected chi connectivity index (χ0v) is 12.9. The van der Waals surface area contributed by atoms with Crippen molar-refractivity contribution in [3.8, 4) is 0 Å². The van der Waals surface area contributed by atoms with Gasteiger partial charge in [0.05, 0.1) is 17.6 Å². The lowest BCUT2D eigenvalue weighted by Crippen LogP contribution is -2.55. The predicted octanol–water partition coefficient (Wildman–Crippen LogP) is 3.54. The van der Waals surface area contributed by atoms with Crippen LogP contribution in [0.5, 0.6) is 0 Å². The molecule has 0 spiro atoms. The summed E-state index contributed by atoms with van der Waals surface area (Å²) >= 11 is 11.7. The highest BCUT2D eigenvalue weighted by Gasteiger charge is 2.46. The molecule has 3 unspecified atom stereocenters. The second kappa shape index (κ2) is 5.24. The van der Waals surface area contributed by atoms with Crippen LogP contribution in [-0.4, -0.2) is 29.0 Å². The molecule has 17 heavy (non-hydrogen) atoms. The van der Waals surface area contributed by atoms with Gasteiger partial charge in [-0.05, 0) is 38.5 Å². The van der Waals surface area contributed by atoms with Gasteiger partial charge in [0.2, 0.25) is 0 Å². The Morgan fingerprint density at radius 2 is 1.76 bits per heavy atom. The summed E-state index contributed by atoms with van der Waals surface area (Å²) in [7, 11) is 0. The van der Waals surface area contributed by atoms with Crippen LogP contribution in [0, 0.1) is 5.41 Å². The van der Waals surface area contributed by atoms with Crippen LogP contribution >= 0.6 is 23.2 Å². The first kappa shape index (κ1) is 15.6. The summed E-state index contributed by atoms with van der Waals surface area (Å²) in [6, 6.07) is 0. The molecule has 3 atom stereocenters. The summed E-state index contributed by atoms with van der Waals surface area (Å²) in [6.45, 7) is 9.23. The molecule has 1 saturated carbocycles. The molecule has 1 aliphatic carbocycles. The Morgan fingerprint density at radius 1 is 1.18 bits per heavy atom. The Kier molecular flexibility index (Phi) is 4.80. The Balaban J connectivity index is 2.67. The van der Waals surface area contributed by atoms with Crippen LogP contribution in [0.2, 0.25) is 0 Å². The lowest BCUT2D eigenvalue weighted by molar-refractivity contribution is -0.103. The lowest BCUT2D eigenvalue weighted by Gasteiger charge is -2.50. The molecule has 1 aliphatic rings. The molecule has 0 bridgehead atoms. The Labute approximate surface area is 115 Å². The third-order valence-corrected chi connectivity index (χ3v) is 4.10. The molecule has 1 rings (SSSR count). The smallest absolute Gasteiger partial charge is 0.0705 e. The number of nitrogens with two attached hydrogens (primary N) is 1. The van der Waals surface area contributed by atoms with Gasteiger partial charge in [-0.2, -0.15) is 0 Å². The number of rotatable bonds is 4. The van der Waals surface area contributed by atoms with Crippen LogP contribution in [0.3, 0.4) is 0 Å². The maximum absolute atomic E-state index is 6.33. The van der Waals surface area contributed by atoms with Gasteiger partial charge in [0.25, 0.3) is 0 Å². The molecule has 0 aromatic carbocycles. The number of ether oxygens (including phenoxy) is 1. The van der Waals surface area contributed by atoms with Crippen LogP contribution in [0.1, 0.15) is 47.0 Å². The zero-order chi connectivity index (χ0) is 13.3. The summed E-state index contributed by atoms with van der Waals surface area (Å²) < 4.78 is 6.00. The van der Waals surface area contributed by atoms with E-state index in [1.807, 2.05) is 0 Å². The minimum absolute atomic E-state index is 0.123. The summed E-state index contributed by atoms with van der Waals surface area (Å²) in [6.07, 6.45) is 2.91. The molecule has 0 heterocycles. The van der Waals surface area contributed by atoms with E-state index in [0.717, 1.165) is 19.3 Å². The molecular weight excluding hydrogens is 257 g/mol. The van der Waals surface area contributed by atoms with Crippen molar-refractivity contribution in [3.63, 3.8) is 0 Å². The first-order valence-electron chi connectivity index (χ1n) is 6.20. The summed E-state index contributed by atoms with van der Waals surface area (Å²) in [5.74, 6) is 0.418. The van der Waals surface area contributed by atoms with Gasteiger partial charge in [-0.1, -0.05) is 13.8 Å². The first-order chi connectivity index (χ1) is 7.58. The average Bonchev–Trinajstić information content (AvgIpc) is 2.08. The maximum Gasteiger partial charge on any atom is 0.0705 e. The van der Waals surface area contributed by atoms with E-state index in [0.29, 0.717) is 12.5 Å². The molecule has 2 N–H and O–H groups in total. The molecule has 0 aliphatic heterocycles. The van der Waals surface area contributed by atoms with Crippen molar-refractivity contribution < 1.29 is 4.74 Å². The molecule has 2 nitrogen and oxygen atoms in total. The molecule has 0 aromatic rings. The van der Waals surface area contributed by atoms with Crippen molar-refractivity contribution in [3.05, 3.63) is 0 Å². The highest BCUT2D eigenvalue weighted by Crippen LogP contribution is 2.46. The van der Waals surface area contributed by atoms with E-state index < -0.39 is 0 Å². The van der Waals surface area contributed by atoms with Gasteiger partial charge in [-0.15, -0.1) is 23.2 Å². The van der Waals surface area contributed by atoms with Crippen LogP contribution < -0.4 is 5.73 Å².